The summed E-state index contributed by atoms with van der Waals surface area (Å²) in [6, 6.07) is 5.84. The Balaban J connectivity index is 2.13. The van der Waals surface area contributed by atoms with E-state index >= 15 is 0 Å². The van der Waals surface area contributed by atoms with E-state index in [9.17, 15) is 13.6 Å². The molecule has 1 heterocycles. The maximum absolute atomic E-state index is 13.6. The lowest BCUT2D eigenvalue weighted by Gasteiger charge is -2.15. The minimum atomic E-state index is -0.678. The van der Waals surface area contributed by atoms with Gasteiger partial charge >= 0.3 is 0 Å². The Bertz CT molecular complexity index is 587. The quantitative estimate of drug-likeness (QED) is 0.924. The average molecular weight is 262 g/mol. The predicted octanol–water partition coefficient (Wildman–Crippen LogP) is 2.85. The molecule has 0 saturated heterocycles. The molecule has 1 N–H and O–H groups in total. The van der Waals surface area contributed by atoms with Crippen LogP contribution in [-0.4, -0.2) is 10.9 Å². The Morgan fingerprint density at radius 3 is 2.53 bits per heavy atom. The van der Waals surface area contributed by atoms with Gasteiger partial charge in [-0.25, -0.2) is 8.78 Å². The smallest absolute Gasteiger partial charge is 0.251 e. The topological polar surface area (TPSA) is 42.0 Å². The molecule has 0 saturated carbocycles. The second-order valence-corrected chi connectivity index (χ2v) is 4.10. The van der Waals surface area contributed by atoms with Gasteiger partial charge in [0.15, 0.2) is 0 Å². The van der Waals surface area contributed by atoms with Crippen molar-refractivity contribution in [3.05, 3.63) is 65.5 Å². The molecule has 1 aromatic carbocycles. The fourth-order valence-corrected chi connectivity index (χ4v) is 1.71. The summed E-state index contributed by atoms with van der Waals surface area (Å²) in [7, 11) is 0. The first kappa shape index (κ1) is 13.1. The van der Waals surface area contributed by atoms with Crippen LogP contribution in [0, 0.1) is 11.6 Å². The van der Waals surface area contributed by atoms with Crippen molar-refractivity contribution in [3.63, 3.8) is 0 Å². The summed E-state index contributed by atoms with van der Waals surface area (Å²) in [5.74, 6) is -1.66. The third-order valence-electron chi connectivity index (χ3n) is 2.72. The summed E-state index contributed by atoms with van der Waals surface area (Å²) in [6.07, 6.45) is 3.00. The van der Waals surface area contributed by atoms with Gasteiger partial charge in [0.1, 0.15) is 11.6 Å². The number of benzene rings is 1. The van der Waals surface area contributed by atoms with Crippen LogP contribution in [0.2, 0.25) is 0 Å². The summed E-state index contributed by atoms with van der Waals surface area (Å²) in [6.45, 7) is 1.63. The van der Waals surface area contributed by atoms with E-state index in [1.54, 1.807) is 19.1 Å². The summed E-state index contributed by atoms with van der Waals surface area (Å²) < 4.78 is 26.4. The molecule has 1 amide bonds. The number of rotatable bonds is 3. The third-order valence-corrected chi connectivity index (χ3v) is 2.72. The van der Waals surface area contributed by atoms with Crippen molar-refractivity contribution in [3.8, 4) is 0 Å². The number of nitrogens with one attached hydrogen (secondary N) is 1. The second kappa shape index (κ2) is 5.56. The van der Waals surface area contributed by atoms with Crippen molar-refractivity contribution in [1.29, 1.82) is 0 Å². The zero-order valence-corrected chi connectivity index (χ0v) is 10.2. The van der Waals surface area contributed by atoms with E-state index in [0.29, 0.717) is 5.56 Å². The van der Waals surface area contributed by atoms with Gasteiger partial charge in [-0.05, 0) is 25.1 Å². The van der Waals surface area contributed by atoms with Gasteiger partial charge in [-0.2, -0.15) is 0 Å². The molecule has 0 unspecified atom stereocenters. The molecular formula is C14H12F2N2O. The molecule has 0 aliphatic rings. The van der Waals surface area contributed by atoms with Crippen molar-refractivity contribution in [1.82, 2.24) is 10.3 Å². The van der Waals surface area contributed by atoms with E-state index in [1.807, 2.05) is 0 Å². The van der Waals surface area contributed by atoms with Crippen molar-refractivity contribution in [2.24, 2.45) is 0 Å². The number of pyridine rings is 1. The maximum Gasteiger partial charge on any atom is 0.251 e. The van der Waals surface area contributed by atoms with Gasteiger partial charge in [0.2, 0.25) is 0 Å². The van der Waals surface area contributed by atoms with Crippen LogP contribution in [0.3, 0.4) is 0 Å². The van der Waals surface area contributed by atoms with Crippen LogP contribution in [0.25, 0.3) is 0 Å². The molecule has 0 spiro atoms. The first-order valence-corrected chi connectivity index (χ1v) is 5.74. The van der Waals surface area contributed by atoms with Crippen molar-refractivity contribution >= 4 is 5.91 Å². The molecule has 0 radical (unpaired) electrons. The molecule has 2 rings (SSSR count). The van der Waals surface area contributed by atoms with Gasteiger partial charge in [-0.1, -0.05) is 6.07 Å². The van der Waals surface area contributed by atoms with Crippen LogP contribution in [0.1, 0.15) is 28.9 Å². The highest BCUT2D eigenvalue weighted by atomic mass is 19.1. The lowest BCUT2D eigenvalue weighted by atomic mass is 10.1. The normalized spacial score (nSPS) is 11.9. The van der Waals surface area contributed by atoms with E-state index in [2.05, 4.69) is 10.3 Å². The molecule has 1 atom stereocenters. The zero-order chi connectivity index (χ0) is 13.8. The first-order chi connectivity index (χ1) is 9.08. The Kier molecular flexibility index (Phi) is 3.85. The zero-order valence-electron chi connectivity index (χ0n) is 10.2. The van der Waals surface area contributed by atoms with E-state index in [1.165, 1.54) is 18.5 Å². The summed E-state index contributed by atoms with van der Waals surface area (Å²) >= 11 is 0. The molecule has 3 nitrogen and oxygen atoms in total. The highest BCUT2D eigenvalue weighted by molar-refractivity contribution is 5.94. The number of amides is 1. The van der Waals surface area contributed by atoms with Gasteiger partial charge in [-0.3, -0.25) is 9.78 Å². The molecule has 0 bridgehead atoms. The molecule has 98 valence electrons. The first-order valence-electron chi connectivity index (χ1n) is 5.74. The molecule has 2 aromatic rings. The summed E-state index contributed by atoms with van der Waals surface area (Å²) in [5.41, 5.74) is 0.674. The monoisotopic (exact) mass is 262 g/mol. The van der Waals surface area contributed by atoms with E-state index < -0.39 is 17.7 Å². The number of carbonyl (C=O) groups is 1. The van der Waals surface area contributed by atoms with Crippen LogP contribution >= 0.6 is 0 Å². The largest absolute Gasteiger partial charge is 0.345 e. The molecular weight excluding hydrogens is 250 g/mol. The highest BCUT2D eigenvalue weighted by Gasteiger charge is 2.15. The van der Waals surface area contributed by atoms with Gasteiger partial charge in [-0.15, -0.1) is 0 Å². The van der Waals surface area contributed by atoms with Crippen LogP contribution in [-0.2, 0) is 0 Å². The van der Waals surface area contributed by atoms with Gasteiger partial charge < -0.3 is 5.32 Å². The predicted molar refractivity (Wildman–Crippen MR) is 66.5 cm³/mol. The fourth-order valence-electron chi connectivity index (χ4n) is 1.71. The summed E-state index contributed by atoms with van der Waals surface area (Å²) in [5, 5.41) is 2.64. The molecule has 0 fully saturated rings. The Hall–Kier alpha value is -2.30. The van der Waals surface area contributed by atoms with Crippen LogP contribution in [0.4, 0.5) is 8.78 Å². The molecule has 1 aromatic heterocycles. The molecule has 0 aliphatic carbocycles. The van der Waals surface area contributed by atoms with Crippen LogP contribution < -0.4 is 5.32 Å². The van der Waals surface area contributed by atoms with E-state index in [4.69, 9.17) is 0 Å². The van der Waals surface area contributed by atoms with E-state index in [0.717, 1.165) is 12.1 Å². The van der Waals surface area contributed by atoms with Crippen LogP contribution in [0.5, 0.6) is 0 Å². The second-order valence-electron chi connectivity index (χ2n) is 4.10. The Morgan fingerprint density at radius 1 is 1.21 bits per heavy atom. The Morgan fingerprint density at radius 2 is 1.89 bits per heavy atom. The van der Waals surface area contributed by atoms with Gasteiger partial charge in [0.25, 0.3) is 5.91 Å². The number of hydrogen-bond acceptors (Lipinski definition) is 2. The van der Waals surface area contributed by atoms with Crippen molar-refractivity contribution in [2.45, 2.75) is 13.0 Å². The minimum absolute atomic E-state index is 0.240. The number of carbonyl (C=O) groups excluding carboxylic acids is 1. The minimum Gasteiger partial charge on any atom is -0.345 e. The number of hydrogen-bond donors (Lipinski definition) is 1. The van der Waals surface area contributed by atoms with Crippen molar-refractivity contribution in [2.75, 3.05) is 0 Å². The standard InChI is InChI=1S/C14H12F2N2O/c1-9(12-3-2-11(15)8-13(12)16)18-14(19)10-4-6-17-7-5-10/h2-9H,1H3,(H,18,19)/t9-/m1/s1. The molecule has 5 heteroatoms. The lowest BCUT2D eigenvalue weighted by Crippen LogP contribution is -2.27. The van der Waals surface area contributed by atoms with Gasteiger partial charge in [0, 0.05) is 29.6 Å². The maximum atomic E-state index is 13.6. The SMILES string of the molecule is C[C@@H](NC(=O)c1ccncc1)c1ccc(F)cc1F. The average Bonchev–Trinajstić information content (AvgIpc) is 2.39. The van der Waals surface area contributed by atoms with Crippen LogP contribution in [0.15, 0.2) is 42.7 Å². The van der Waals surface area contributed by atoms with Gasteiger partial charge in [0.05, 0.1) is 6.04 Å². The molecule has 19 heavy (non-hydrogen) atoms. The number of halogens is 2. The lowest BCUT2D eigenvalue weighted by molar-refractivity contribution is 0.0939. The molecule has 0 aliphatic heterocycles. The fraction of sp³-hybridized carbons (Fsp3) is 0.143. The van der Waals surface area contributed by atoms with E-state index in [-0.39, 0.29) is 11.5 Å². The number of nitrogens with zero attached hydrogens (tertiary/aromatic N) is 1. The Labute approximate surface area is 109 Å². The number of aromatic nitrogens is 1. The summed E-state index contributed by atoms with van der Waals surface area (Å²) in [4.78, 5) is 15.7. The van der Waals surface area contributed by atoms with Crippen molar-refractivity contribution < 1.29 is 13.6 Å². The third kappa shape index (κ3) is 3.13. The highest BCUT2D eigenvalue weighted by Crippen LogP contribution is 2.18.